The van der Waals surface area contributed by atoms with E-state index in [9.17, 15) is 13.4 Å². The van der Waals surface area contributed by atoms with Gasteiger partial charge in [0.05, 0.1) is 10.5 Å². The molecule has 1 amide bonds. The largest absolute Gasteiger partial charge is 0.345 e. The maximum atomic E-state index is 13.7. The quantitative estimate of drug-likeness (QED) is 0.773. The number of amides is 1. The average molecular weight is 432 g/mol. The standard InChI is InChI=1S/C21H26FN5O2S/c1-5-24-30(29)19-12-27(4)20(16(19)7-9-18(26-30)13(2)3)21(28)25-15-6-8-17(22)14(10-15)11-23/h6,8,10,12-13,18H,5,7,9H2,1-4H3,(H,25,28)(H,24,26,29)/t18-,30?/m1/s1. The lowest BCUT2D eigenvalue weighted by atomic mass is 9.97. The number of carbonyl (C=O) groups excluding carboxylic acids is 1. The van der Waals surface area contributed by atoms with Crippen LogP contribution in [0.25, 0.3) is 0 Å². The number of nitrogens with zero attached hydrogens (tertiary/aromatic N) is 3. The van der Waals surface area contributed by atoms with Crippen molar-refractivity contribution >= 4 is 21.5 Å². The molecule has 30 heavy (non-hydrogen) atoms. The van der Waals surface area contributed by atoms with Crippen molar-refractivity contribution in [1.82, 2.24) is 9.29 Å². The number of rotatable bonds is 4. The number of nitriles is 1. The van der Waals surface area contributed by atoms with E-state index < -0.39 is 21.6 Å². The van der Waals surface area contributed by atoms with E-state index in [1.165, 1.54) is 12.1 Å². The molecule has 0 spiro atoms. The van der Waals surface area contributed by atoms with Gasteiger partial charge in [0.1, 0.15) is 27.5 Å². The Balaban J connectivity index is 2.04. The molecular formula is C21H26FN5O2S. The molecule has 1 aliphatic heterocycles. The molecule has 0 fully saturated rings. The second kappa shape index (κ2) is 8.58. The molecule has 9 heteroatoms. The smallest absolute Gasteiger partial charge is 0.272 e. The van der Waals surface area contributed by atoms with Gasteiger partial charge in [0, 0.05) is 37.1 Å². The molecular weight excluding hydrogens is 405 g/mol. The molecule has 160 valence electrons. The van der Waals surface area contributed by atoms with Crippen LogP contribution < -0.4 is 10.0 Å². The van der Waals surface area contributed by atoms with E-state index >= 15 is 0 Å². The number of benzene rings is 1. The minimum absolute atomic E-state index is 0.0108. The average Bonchev–Trinajstić information content (AvgIpc) is 2.96. The SMILES string of the molecule is CCN=S1(=O)N[C@@H](C(C)C)CCc2c1cn(C)c2C(=O)Nc1ccc(F)c(C#N)c1. The highest BCUT2D eigenvalue weighted by atomic mass is 32.2. The van der Waals surface area contributed by atoms with Gasteiger partial charge in [-0.05, 0) is 43.9 Å². The van der Waals surface area contributed by atoms with Crippen molar-refractivity contribution in [3.63, 3.8) is 0 Å². The van der Waals surface area contributed by atoms with Gasteiger partial charge in [-0.25, -0.2) is 17.7 Å². The third kappa shape index (κ3) is 4.11. The van der Waals surface area contributed by atoms with Crippen LogP contribution in [0.1, 0.15) is 48.8 Å². The molecule has 7 nitrogen and oxygen atoms in total. The molecule has 1 aromatic heterocycles. The van der Waals surface area contributed by atoms with Gasteiger partial charge in [-0.2, -0.15) is 5.26 Å². The fourth-order valence-electron chi connectivity index (χ4n) is 3.69. The summed E-state index contributed by atoms with van der Waals surface area (Å²) >= 11 is 0. The molecule has 2 atom stereocenters. The highest BCUT2D eigenvalue weighted by Crippen LogP contribution is 2.30. The Morgan fingerprint density at radius 3 is 2.87 bits per heavy atom. The van der Waals surface area contributed by atoms with Crippen LogP contribution in [-0.4, -0.2) is 27.3 Å². The second-order valence-corrected chi connectivity index (χ2v) is 9.66. The first-order valence-corrected chi connectivity index (χ1v) is 11.4. The van der Waals surface area contributed by atoms with E-state index in [1.807, 2.05) is 6.92 Å². The van der Waals surface area contributed by atoms with E-state index in [2.05, 4.69) is 28.2 Å². The summed E-state index contributed by atoms with van der Waals surface area (Å²) in [6, 6.07) is 5.61. The molecule has 1 unspecified atom stereocenters. The van der Waals surface area contributed by atoms with Crippen molar-refractivity contribution in [2.24, 2.45) is 17.3 Å². The van der Waals surface area contributed by atoms with Crippen LogP contribution >= 0.6 is 0 Å². The Labute approximate surface area is 176 Å². The van der Waals surface area contributed by atoms with Gasteiger partial charge in [-0.1, -0.05) is 13.8 Å². The first kappa shape index (κ1) is 22.0. The Kier molecular flexibility index (Phi) is 6.29. The molecule has 0 bridgehead atoms. The predicted molar refractivity (Wildman–Crippen MR) is 114 cm³/mol. The van der Waals surface area contributed by atoms with Crippen molar-refractivity contribution in [2.45, 2.75) is 44.6 Å². The van der Waals surface area contributed by atoms with Crippen molar-refractivity contribution in [3.05, 3.63) is 47.0 Å². The van der Waals surface area contributed by atoms with Crippen molar-refractivity contribution in [1.29, 1.82) is 5.26 Å². The highest BCUT2D eigenvalue weighted by Gasteiger charge is 2.32. The lowest BCUT2D eigenvalue weighted by Gasteiger charge is -2.21. The number of carbonyl (C=O) groups is 1. The molecule has 0 radical (unpaired) electrons. The number of nitrogens with one attached hydrogen (secondary N) is 2. The van der Waals surface area contributed by atoms with Gasteiger partial charge in [-0.15, -0.1) is 0 Å². The lowest BCUT2D eigenvalue weighted by molar-refractivity contribution is 0.101. The predicted octanol–water partition coefficient (Wildman–Crippen LogP) is 3.61. The summed E-state index contributed by atoms with van der Waals surface area (Å²) < 4.78 is 36.6. The summed E-state index contributed by atoms with van der Waals surface area (Å²) in [4.78, 5) is 13.6. The van der Waals surface area contributed by atoms with Gasteiger partial charge in [-0.3, -0.25) is 4.79 Å². The van der Waals surface area contributed by atoms with E-state index in [1.54, 1.807) is 23.9 Å². The lowest BCUT2D eigenvalue weighted by Crippen LogP contribution is -2.37. The van der Waals surface area contributed by atoms with E-state index in [-0.39, 0.29) is 17.5 Å². The first-order chi connectivity index (χ1) is 14.2. The van der Waals surface area contributed by atoms with Crippen LogP contribution in [0.4, 0.5) is 10.1 Å². The second-order valence-electron chi connectivity index (χ2n) is 7.67. The van der Waals surface area contributed by atoms with Crippen molar-refractivity contribution in [3.8, 4) is 6.07 Å². The maximum Gasteiger partial charge on any atom is 0.272 e. The Morgan fingerprint density at radius 1 is 1.50 bits per heavy atom. The Bertz CT molecular complexity index is 1140. The fourth-order valence-corrected chi connectivity index (χ4v) is 6.03. The zero-order valence-electron chi connectivity index (χ0n) is 17.5. The molecule has 1 aliphatic rings. The highest BCUT2D eigenvalue weighted by molar-refractivity contribution is 7.91. The molecule has 2 heterocycles. The normalized spacial score (nSPS) is 20.9. The number of aromatic nitrogens is 1. The minimum atomic E-state index is -2.87. The summed E-state index contributed by atoms with van der Waals surface area (Å²) in [5.41, 5.74) is 1.26. The number of halogens is 1. The van der Waals surface area contributed by atoms with Gasteiger partial charge < -0.3 is 9.88 Å². The summed E-state index contributed by atoms with van der Waals surface area (Å²) in [5, 5.41) is 11.7. The van der Waals surface area contributed by atoms with Crippen LogP contribution in [0.2, 0.25) is 0 Å². The van der Waals surface area contributed by atoms with Crippen LogP contribution in [-0.2, 0) is 23.4 Å². The summed E-state index contributed by atoms with van der Waals surface area (Å²) in [6.45, 7) is 6.35. The van der Waals surface area contributed by atoms with Crippen LogP contribution in [0.5, 0.6) is 0 Å². The number of hydrogen-bond donors (Lipinski definition) is 2. The third-order valence-corrected chi connectivity index (χ3v) is 7.43. The molecule has 0 saturated carbocycles. The molecule has 3 rings (SSSR count). The molecule has 2 N–H and O–H groups in total. The van der Waals surface area contributed by atoms with Gasteiger partial charge in [0.2, 0.25) is 0 Å². The van der Waals surface area contributed by atoms with Gasteiger partial charge >= 0.3 is 0 Å². The Morgan fingerprint density at radius 2 is 2.23 bits per heavy atom. The zero-order chi connectivity index (χ0) is 22.1. The first-order valence-electron chi connectivity index (χ1n) is 9.89. The number of hydrogen-bond acceptors (Lipinski definition) is 4. The third-order valence-electron chi connectivity index (χ3n) is 5.24. The summed E-state index contributed by atoms with van der Waals surface area (Å²) in [6.07, 6.45) is 3.00. The van der Waals surface area contributed by atoms with E-state index in [0.29, 0.717) is 34.8 Å². The van der Waals surface area contributed by atoms with Crippen LogP contribution in [0, 0.1) is 23.1 Å². The molecule has 1 aromatic carbocycles. The van der Waals surface area contributed by atoms with Gasteiger partial charge in [0.25, 0.3) is 5.91 Å². The van der Waals surface area contributed by atoms with Crippen LogP contribution in [0.15, 0.2) is 33.7 Å². The van der Waals surface area contributed by atoms with E-state index in [0.717, 1.165) is 12.5 Å². The molecule has 2 aromatic rings. The summed E-state index contributed by atoms with van der Waals surface area (Å²) in [7, 11) is -1.15. The Hall–Kier alpha value is -2.70. The number of aryl methyl sites for hydroxylation is 1. The maximum absolute atomic E-state index is 13.7. The fraction of sp³-hybridized carbons (Fsp3) is 0.429. The minimum Gasteiger partial charge on any atom is -0.345 e. The summed E-state index contributed by atoms with van der Waals surface area (Å²) in [5.74, 6) is -0.790. The topological polar surface area (TPSA) is 99.3 Å². The molecule has 0 saturated heterocycles. The monoisotopic (exact) mass is 431 g/mol. The number of anilines is 1. The van der Waals surface area contributed by atoms with Crippen molar-refractivity contribution < 1.29 is 13.4 Å². The van der Waals surface area contributed by atoms with Gasteiger partial charge in [0.15, 0.2) is 0 Å². The molecule has 0 aliphatic carbocycles. The van der Waals surface area contributed by atoms with Crippen molar-refractivity contribution in [2.75, 3.05) is 11.9 Å². The van der Waals surface area contributed by atoms with Crippen LogP contribution in [0.3, 0.4) is 0 Å². The van der Waals surface area contributed by atoms with E-state index in [4.69, 9.17) is 5.26 Å². The zero-order valence-corrected chi connectivity index (χ0v) is 18.3. The number of fused-ring (bicyclic) bond motifs is 1.